The number of rotatable bonds is 10. The highest BCUT2D eigenvalue weighted by atomic mass is 32.2. The van der Waals surface area contributed by atoms with Crippen molar-refractivity contribution in [3.63, 3.8) is 0 Å². The maximum absolute atomic E-state index is 12.2. The first-order chi connectivity index (χ1) is 12.4. The Balaban J connectivity index is 1.72. The molecule has 0 saturated carbocycles. The molecule has 0 amide bonds. The van der Waals surface area contributed by atoms with Gasteiger partial charge in [0.2, 0.25) is 0 Å². The van der Waals surface area contributed by atoms with Crippen molar-refractivity contribution in [3.05, 3.63) is 65.7 Å². The zero-order chi connectivity index (χ0) is 19.0. The van der Waals surface area contributed by atoms with Crippen LogP contribution in [0.2, 0.25) is 0 Å². The first-order valence-corrected chi connectivity index (χ1v) is 10.0. The monoisotopic (exact) mass is 378 g/mol. The molecule has 26 heavy (non-hydrogen) atoms. The van der Waals surface area contributed by atoms with Crippen molar-refractivity contribution in [2.45, 2.75) is 37.9 Å². The molecule has 2 aromatic rings. The second-order valence-electron chi connectivity index (χ2n) is 6.42. The van der Waals surface area contributed by atoms with Crippen LogP contribution in [0.15, 0.2) is 59.5 Å². The third-order valence-electron chi connectivity index (χ3n) is 4.12. The molecule has 1 N–H and O–H groups in total. The molecule has 2 rings (SSSR count). The summed E-state index contributed by atoms with van der Waals surface area (Å²) in [7, 11) is -3.81. The standard InChI is InChI=1S/C20H26O5S/c1-16-8-10-19(11-9-16)26(22,23)25-14-17(2)20(21)12-13-24-15-18-6-4-3-5-7-18/h3-11,17,20-21H,12-15H2,1-2H3/t17-,20-/m0/s1. The molecule has 0 aliphatic rings. The van der Waals surface area contributed by atoms with Gasteiger partial charge in [-0.15, -0.1) is 0 Å². The predicted octanol–water partition coefficient (Wildman–Crippen LogP) is 3.30. The van der Waals surface area contributed by atoms with E-state index in [2.05, 4.69) is 0 Å². The number of ether oxygens (including phenoxy) is 1. The van der Waals surface area contributed by atoms with Gasteiger partial charge in [0.1, 0.15) is 0 Å². The van der Waals surface area contributed by atoms with Gasteiger partial charge in [-0.1, -0.05) is 55.0 Å². The van der Waals surface area contributed by atoms with Crippen LogP contribution in [0.5, 0.6) is 0 Å². The molecule has 0 spiro atoms. The molecular weight excluding hydrogens is 352 g/mol. The predicted molar refractivity (Wildman–Crippen MR) is 100 cm³/mol. The Morgan fingerprint density at radius 2 is 1.69 bits per heavy atom. The van der Waals surface area contributed by atoms with Gasteiger partial charge in [-0.05, 0) is 31.0 Å². The van der Waals surface area contributed by atoms with E-state index in [1.54, 1.807) is 19.1 Å². The summed E-state index contributed by atoms with van der Waals surface area (Å²) >= 11 is 0. The van der Waals surface area contributed by atoms with Gasteiger partial charge in [0.25, 0.3) is 10.1 Å². The Morgan fingerprint density at radius 3 is 2.35 bits per heavy atom. The molecule has 0 bridgehead atoms. The minimum atomic E-state index is -3.81. The summed E-state index contributed by atoms with van der Waals surface area (Å²) < 4.78 is 35.0. The van der Waals surface area contributed by atoms with E-state index in [0.717, 1.165) is 11.1 Å². The molecule has 0 fully saturated rings. The third kappa shape index (κ3) is 6.53. The molecule has 0 aliphatic carbocycles. The number of benzene rings is 2. The van der Waals surface area contributed by atoms with Crippen molar-refractivity contribution in [2.24, 2.45) is 5.92 Å². The zero-order valence-electron chi connectivity index (χ0n) is 15.2. The molecule has 0 aromatic heterocycles. The maximum Gasteiger partial charge on any atom is 0.296 e. The lowest BCUT2D eigenvalue weighted by atomic mass is 10.0. The lowest BCUT2D eigenvalue weighted by Gasteiger charge is -2.18. The van der Waals surface area contributed by atoms with E-state index in [-0.39, 0.29) is 17.4 Å². The van der Waals surface area contributed by atoms with Gasteiger partial charge in [0, 0.05) is 12.5 Å². The minimum Gasteiger partial charge on any atom is -0.393 e. The Hall–Kier alpha value is -1.73. The fourth-order valence-electron chi connectivity index (χ4n) is 2.33. The quantitative estimate of drug-likeness (QED) is 0.507. The fourth-order valence-corrected chi connectivity index (χ4v) is 3.33. The summed E-state index contributed by atoms with van der Waals surface area (Å²) in [6.45, 7) is 4.45. The molecule has 0 unspecified atom stereocenters. The number of hydrogen-bond acceptors (Lipinski definition) is 5. The zero-order valence-corrected chi connectivity index (χ0v) is 16.0. The molecule has 0 saturated heterocycles. The van der Waals surface area contributed by atoms with Gasteiger partial charge >= 0.3 is 0 Å². The third-order valence-corrected chi connectivity index (χ3v) is 5.42. The van der Waals surface area contributed by atoms with Crippen LogP contribution in [-0.4, -0.2) is 32.8 Å². The molecule has 2 aromatic carbocycles. The van der Waals surface area contributed by atoms with Crippen LogP contribution < -0.4 is 0 Å². The van der Waals surface area contributed by atoms with E-state index in [1.165, 1.54) is 12.1 Å². The molecule has 0 heterocycles. The Morgan fingerprint density at radius 1 is 1.04 bits per heavy atom. The molecule has 0 radical (unpaired) electrons. The average molecular weight is 378 g/mol. The summed E-state index contributed by atoms with van der Waals surface area (Å²) in [4.78, 5) is 0.121. The SMILES string of the molecule is Cc1ccc(S(=O)(=O)OC[C@H](C)[C@@H](O)CCOCc2ccccc2)cc1. The van der Waals surface area contributed by atoms with Crippen molar-refractivity contribution in [1.29, 1.82) is 0 Å². The summed E-state index contributed by atoms with van der Waals surface area (Å²) in [5.41, 5.74) is 2.05. The maximum atomic E-state index is 12.2. The van der Waals surface area contributed by atoms with Crippen molar-refractivity contribution in [3.8, 4) is 0 Å². The van der Waals surface area contributed by atoms with Crippen molar-refractivity contribution < 1.29 is 22.4 Å². The highest BCUT2D eigenvalue weighted by Gasteiger charge is 2.20. The van der Waals surface area contributed by atoms with Crippen LogP contribution in [0.1, 0.15) is 24.5 Å². The Kier molecular flexibility index (Phi) is 7.78. The summed E-state index contributed by atoms with van der Waals surface area (Å²) in [6, 6.07) is 16.3. The largest absolute Gasteiger partial charge is 0.393 e. The van der Waals surface area contributed by atoms with Gasteiger partial charge in [0.05, 0.1) is 24.2 Å². The molecule has 6 heteroatoms. The Labute approximate surface area is 155 Å². The van der Waals surface area contributed by atoms with E-state index in [0.29, 0.717) is 19.6 Å². The van der Waals surface area contributed by atoms with Crippen molar-refractivity contribution in [1.82, 2.24) is 0 Å². The first kappa shape index (κ1) is 20.6. The number of aryl methyl sites for hydroxylation is 1. The second kappa shape index (κ2) is 9.83. The van der Waals surface area contributed by atoms with Gasteiger partial charge in [-0.25, -0.2) is 0 Å². The number of aliphatic hydroxyl groups is 1. The van der Waals surface area contributed by atoms with Crippen molar-refractivity contribution >= 4 is 10.1 Å². The van der Waals surface area contributed by atoms with Gasteiger partial charge in [0.15, 0.2) is 0 Å². The smallest absolute Gasteiger partial charge is 0.296 e. The molecular formula is C20H26O5S. The number of aliphatic hydroxyl groups excluding tert-OH is 1. The van der Waals surface area contributed by atoms with Crippen LogP contribution in [0, 0.1) is 12.8 Å². The normalized spacial score (nSPS) is 14.1. The highest BCUT2D eigenvalue weighted by Crippen LogP contribution is 2.16. The highest BCUT2D eigenvalue weighted by molar-refractivity contribution is 7.86. The molecule has 5 nitrogen and oxygen atoms in total. The fraction of sp³-hybridized carbons (Fsp3) is 0.400. The minimum absolute atomic E-state index is 0.0734. The molecule has 2 atom stereocenters. The van der Waals surface area contributed by atoms with E-state index < -0.39 is 16.2 Å². The van der Waals surface area contributed by atoms with E-state index in [1.807, 2.05) is 37.3 Å². The molecule has 142 valence electrons. The van der Waals surface area contributed by atoms with Crippen LogP contribution in [0.25, 0.3) is 0 Å². The van der Waals surface area contributed by atoms with Gasteiger partial charge in [-0.3, -0.25) is 4.18 Å². The van der Waals surface area contributed by atoms with Crippen molar-refractivity contribution in [2.75, 3.05) is 13.2 Å². The van der Waals surface area contributed by atoms with E-state index in [9.17, 15) is 13.5 Å². The van der Waals surface area contributed by atoms with E-state index in [4.69, 9.17) is 8.92 Å². The topological polar surface area (TPSA) is 72.8 Å². The van der Waals surface area contributed by atoms with Crippen LogP contribution in [-0.2, 0) is 25.6 Å². The Bertz CT molecular complexity index is 757. The van der Waals surface area contributed by atoms with Crippen LogP contribution in [0.3, 0.4) is 0 Å². The number of hydrogen-bond donors (Lipinski definition) is 1. The summed E-state index contributed by atoms with van der Waals surface area (Å²) in [6.07, 6.45) is -0.277. The van der Waals surface area contributed by atoms with Gasteiger partial charge < -0.3 is 9.84 Å². The average Bonchev–Trinajstić information content (AvgIpc) is 2.64. The van der Waals surface area contributed by atoms with E-state index >= 15 is 0 Å². The van der Waals surface area contributed by atoms with Crippen LogP contribution >= 0.6 is 0 Å². The second-order valence-corrected chi connectivity index (χ2v) is 8.04. The first-order valence-electron chi connectivity index (χ1n) is 8.64. The summed E-state index contributed by atoms with van der Waals surface area (Å²) in [5, 5.41) is 10.2. The van der Waals surface area contributed by atoms with Crippen LogP contribution in [0.4, 0.5) is 0 Å². The lowest BCUT2D eigenvalue weighted by Crippen LogP contribution is -2.25. The lowest BCUT2D eigenvalue weighted by molar-refractivity contribution is 0.0369. The summed E-state index contributed by atoms with van der Waals surface area (Å²) in [5.74, 6) is -0.324. The molecule has 0 aliphatic heterocycles. The van der Waals surface area contributed by atoms with Gasteiger partial charge in [-0.2, -0.15) is 8.42 Å².